The fourth-order valence-electron chi connectivity index (χ4n) is 2.59. The smallest absolute Gasteiger partial charge is 0.250 e. The number of halogens is 1. The maximum atomic E-state index is 11.8. The van der Waals surface area contributed by atoms with Gasteiger partial charge in [0.15, 0.2) is 0 Å². The van der Waals surface area contributed by atoms with Gasteiger partial charge < -0.3 is 20.2 Å². The second kappa shape index (κ2) is 5.96. The molecule has 5 nitrogen and oxygen atoms in total. The summed E-state index contributed by atoms with van der Waals surface area (Å²) < 4.78 is 11.6. The number of nitrogens with one attached hydrogen (secondary N) is 1. The number of hydrogen-bond donors (Lipinski definition) is 2. The molecule has 3 rings (SSSR count). The fraction of sp³-hybridized carbons (Fsp3) is 0.118. The number of primary amides is 1. The molecule has 0 spiro atoms. The van der Waals surface area contributed by atoms with E-state index in [0.29, 0.717) is 22.6 Å². The van der Waals surface area contributed by atoms with Gasteiger partial charge in [-0.2, -0.15) is 0 Å². The van der Waals surface area contributed by atoms with E-state index in [1.54, 1.807) is 26.5 Å². The van der Waals surface area contributed by atoms with Crippen molar-refractivity contribution in [2.45, 2.75) is 0 Å². The lowest BCUT2D eigenvalue weighted by atomic mass is 9.99. The number of aromatic amines is 1. The Kier molecular flexibility index (Phi) is 4.00. The average Bonchev–Trinajstić information content (AvgIpc) is 2.94. The normalized spacial score (nSPS) is 10.7. The number of carbonyl (C=O) groups excluding carboxylic acids is 1. The van der Waals surface area contributed by atoms with Crippen LogP contribution in [0.5, 0.6) is 11.5 Å². The second-order valence-corrected chi connectivity index (χ2v) is 5.87. The minimum Gasteiger partial charge on any atom is -0.497 e. The van der Waals surface area contributed by atoms with Gasteiger partial charge in [-0.15, -0.1) is 0 Å². The van der Waals surface area contributed by atoms with Crippen LogP contribution in [0.4, 0.5) is 0 Å². The van der Waals surface area contributed by atoms with Crippen molar-refractivity contribution in [3.05, 3.63) is 46.6 Å². The zero-order valence-corrected chi connectivity index (χ0v) is 14.2. The Bertz CT molecular complexity index is 902. The fourth-order valence-corrected chi connectivity index (χ4v) is 3.02. The zero-order valence-electron chi connectivity index (χ0n) is 12.6. The number of benzene rings is 2. The van der Waals surface area contributed by atoms with Gasteiger partial charge in [0.1, 0.15) is 11.5 Å². The number of rotatable bonds is 4. The van der Waals surface area contributed by atoms with E-state index in [1.165, 1.54) is 0 Å². The molecule has 0 atom stereocenters. The molecule has 1 amide bonds. The Morgan fingerprint density at radius 1 is 1.17 bits per heavy atom. The van der Waals surface area contributed by atoms with Crippen LogP contribution in [0.2, 0.25) is 0 Å². The van der Waals surface area contributed by atoms with E-state index in [4.69, 9.17) is 15.2 Å². The molecule has 0 aliphatic carbocycles. The molecule has 118 valence electrons. The first-order valence-corrected chi connectivity index (χ1v) is 7.67. The zero-order chi connectivity index (χ0) is 16.6. The summed E-state index contributed by atoms with van der Waals surface area (Å²) in [4.78, 5) is 14.9. The SMILES string of the molecule is COc1ccc(OC)c(-c2cc(C(N)=O)c3[nH]cc(Br)c3c2)c1. The highest BCUT2D eigenvalue weighted by Gasteiger charge is 2.16. The standard InChI is InChI=1S/C17H15BrN2O3/c1-22-10-3-4-15(23-2)11(7-10)9-5-12-14(18)8-20-16(12)13(6-9)17(19)21/h3-8,20H,1-2H3,(H2,19,21). The van der Waals surface area contributed by atoms with Gasteiger partial charge >= 0.3 is 0 Å². The maximum Gasteiger partial charge on any atom is 0.250 e. The number of methoxy groups -OCH3 is 2. The van der Waals surface area contributed by atoms with Crippen LogP contribution in [0.15, 0.2) is 41.0 Å². The lowest BCUT2D eigenvalue weighted by molar-refractivity contribution is 0.100. The second-order valence-electron chi connectivity index (χ2n) is 5.01. The van der Waals surface area contributed by atoms with Crippen LogP contribution in [0, 0.1) is 0 Å². The molecule has 0 unspecified atom stereocenters. The van der Waals surface area contributed by atoms with Crippen molar-refractivity contribution in [1.82, 2.24) is 4.98 Å². The largest absolute Gasteiger partial charge is 0.497 e. The lowest BCUT2D eigenvalue weighted by Gasteiger charge is -2.12. The highest BCUT2D eigenvalue weighted by atomic mass is 79.9. The molecule has 6 heteroatoms. The number of nitrogens with two attached hydrogens (primary N) is 1. The summed E-state index contributed by atoms with van der Waals surface area (Å²) in [5.74, 6) is 0.898. The predicted octanol–water partition coefficient (Wildman–Crippen LogP) is 3.71. The first-order chi connectivity index (χ1) is 11.0. The van der Waals surface area contributed by atoms with Crippen LogP contribution in [-0.2, 0) is 0 Å². The van der Waals surface area contributed by atoms with E-state index < -0.39 is 5.91 Å². The quantitative estimate of drug-likeness (QED) is 0.730. The molecule has 1 heterocycles. The van der Waals surface area contributed by atoms with E-state index in [1.807, 2.05) is 24.3 Å². The topological polar surface area (TPSA) is 77.3 Å². The van der Waals surface area contributed by atoms with Gasteiger partial charge in [-0.25, -0.2) is 0 Å². The number of carbonyl (C=O) groups is 1. The summed E-state index contributed by atoms with van der Waals surface area (Å²) in [6.45, 7) is 0. The predicted molar refractivity (Wildman–Crippen MR) is 93.1 cm³/mol. The molecule has 0 bridgehead atoms. The Labute approximate surface area is 141 Å². The summed E-state index contributed by atoms with van der Waals surface area (Å²) in [5, 5.41) is 0.876. The molecule has 0 aliphatic rings. The number of aromatic nitrogens is 1. The average molecular weight is 375 g/mol. The highest BCUT2D eigenvalue weighted by molar-refractivity contribution is 9.10. The number of ether oxygens (including phenoxy) is 2. The van der Waals surface area contributed by atoms with Crippen LogP contribution in [0.1, 0.15) is 10.4 Å². The summed E-state index contributed by atoms with van der Waals surface area (Å²) in [5.41, 5.74) is 8.31. The van der Waals surface area contributed by atoms with Crippen LogP contribution in [0.3, 0.4) is 0 Å². The van der Waals surface area contributed by atoms with Gasteiger partial charge in [-0.05, 0) is 51.8 Å². The number of amides is 1. The molecule has 0 radical (unpaired) electrons. The summed E-state index contributed by atoms with van der Waals surface area (Å²) in [7, 11) is 3.21. The van der Waals surface area contributed by atoms with Crippen LogP contribution in [-0.4, -0.2) is 25.1 Å². The van der Waals surface area contributed by atoms with Gasteiger partial charge in [-0.3, -0.25) is 4.79 Å². The Morgan fingerprint density at radius 3 is 2.61 bits per heavy atom. The molecular formula is C17H15BrN2O3. The van der Waals surface area contributed by atoms with Crippen molar-refractivity contribution in [3.8, 4) is 22.6 Å². The number of H-pyrrole nitrogens is 1. The number of hydrogen-bond acceptors (Lipinski definition) is 3. The highest BCUT2D eigenvalue weighted by Crippen LogP contribution is 2.37. The van der Waals surface area contributed by atoms with E-state index in [2.05, 4.69) is 20.9 Å². The summed E-state index contributed by atoms with van der Waals surface area (Å²) in [6.07, 6.45) is 1.78. The molecule has 0 saturated heterocycles. The van der Waals surface area contributed by atoms with Crippen LogP contribution < -0.4 is 15.2 Å². The number of fused-ring (bicyclic) bond motifs is 1. The first kappa shape index (κ1) is 15.4. The van der Waals surface area contributed by atoms with E-state index >= 15 is 0 Å². The molecule has 2 aromatic carbocycles. The minimum atomic E-state index is -0.493. The molecule has 1 aromatic heterocycles. The molecule has 0 aliphatic heterocycles. The lowest BCUT2D eigenvalue weighted by Crippen LogP contribution is -2.11. The third-order valence-electron chi connectivity index (χ3n) is 3.72. The maximum absolute atomic E-state index is 11.8. The minimum absolute atomic E-state index is 0.424. The molecule has 23 heavy (non-hydrogen) atoms. The van der Waals surface area contributed by atoms with E-state index in [0.717, 1.165) is 21.0 Å². The van der Waals surface area contributed by atoms with Gasteiger partial charge in [0.05, 0.1) is 25.3 Å². The first-order valence-electron chi connectivity index (χ1n) is 6.88. The van der Waals surface area contributed by atoms with Crippen molar-refractivity contribution in [1.29, 1.82) is 0 Å². The Morgan fingerprint density at radius 2 is 1.96 bits per heavy atom. The van der Waals surface area contributed by atoms with Crippen molar-refractivity contribution < 1.29 is 14.3 Å². The molecule has 3 aromatic rings. The van der Waals surface area contributed by atoms with Crippen molar-refractivity contribution in [2.75, 3.05) is 14.2 Å². The third kappa shape index (κ3) is 2.66. The van der Waals surface area contributed by atoms with Gasteiger partial charge in [0.2, 0.25) is 0 Å². The summed E-state index contributed by atoms with van der Waals surface area (Å²) in [6, 6.07) is 9.24. The van der Waals surface area contributed by atoms with Crippen molar-refractivity contribution in [3.63, 3.8) is 0 Å². The monoisotopic (exact) mass is 374 g/mol. The van der Waals surface area contributed by atoms with Crippen LogP contribution in [0.25, 0.3) is 22.0 Å². The van der Waals surface area contributed by atoms with E-state index in [9.17, 15) is 4.79 Å². The van der Waals surface area contributed by atoms with Crippen molar-refractivity contribution >= 4 is 32.7 Å². The molecule has 0 fully saturated rings. The molecule has 3 N–H and O–H groups in total. The van der Waals surface area contributed by atoms with E-state index in [-0.39, 0.29) is 0 Å². The van der Waals surface area contributed by atoms with Gasteiger partial charge in [-0.1, -0.05) is 0 Å². The van der Waals surface area contributed by atoms with Crippen molar-refractivity contribution in [2.24, 2.45) is 5.73 Å². The van der Waals surface area contributed by atoms with Gasteiger partial charge in [0, 0.05) is 21.6 Å². The Hall–Kier alpha value is -2.47. The molecular weight excluding hydrogens is 360 g/mol. The Balaban J connectivity index is 2.32. The van der Waals surface area contributed by atoms with Crippen LogP contribution >= 0.6 is 15.9 Å². The van der Waals surface area contributed by atoms with Gasteiger partial charge in [0.25, 0.3) is 5.91 Å². The summed E-state index contributed by atoms with van der Waals surface area (Å²) >= 11 is 3.48. The molecule has 0 saturated carbocycles. The third-order valence-corrected chi connectivity index (χ3v) is 4.38.